The lowest BCUT2D eigenvalue weighted by Gasteiger charge is -2.31. The average Bonchev–Trinajstić information content (AvgIpc) is 2.49. The first kappa shape index (κ1) is 18.1. The predicted octanol–water partition coefficient (Wildman–Crippen LogP) is 2.66. The van der Waals surface area contributed by atoms with E-state index < -0.39 is 5.97 Å². The molecule has 0 spiro atoms. The Bertz CT molecular complexity index is 352. The highest BCUT2D eigenvalue weighted by Gasteiger charge is 2.31. The molecule has 6 heteroatoms. The fraction of sp³-hybridized carbons (Fsp3) is 0.867. The maximum absolute atomic E-state index is 12.2. The van der Waals surface area contributed by atoms with Crippen LogP contribution in [0.1, 0.15) is 39.0 Å². The third-order valence-electron chi connectivity index (χ3n) is 4.44. The topological polar surface area (TPSA) is 69.6 Å². The van der Waals surface area contributed by atoms with Gasteiger partial charge in [0.2, 0.25) is 0 Å². The van der Waals surface area contributed by atoms with E-state index in [9.17, 15) is 14.7 Å². The summed E-state index contributed by atoms with van der Waals surface area (Å²) in [6.07, 6.45) is 6.62. The number of carboxylic acids is 1. The number of carbonyl (C=O) groups excluding carboxylic acids is 1. The molecule has 0 heterocycles. The Hall–Kier alpha value is -0.910. The molecular weight excluding hydrogens is 288 g/mol. The first-order chi connectivity index (χ1) is 10.0. The van der Waals surface area contributed by atoms with Crippen molar-refractivity contribution in [3.8, 4) is 0 Å². The fourth-order valence-corrected chi connectivity index (χ4v) is 3.83. The molecular formula is C15H28N2O3S. The number of aliphatic carboxylic acids is 1. The van der Waals surface area contributed by atoms with Crippen molar-refractivity contribution in [3.05, 3.63) is 0 Å². The number of hydrogen-bond acceptors (Lipinski definition) is 3. The largest absolute Gasteiger partial charge is 0.481 e. The van der Waals surface area contributed by atoms with Gasteiger partial charge in [0.25, 0.3) is 0 Å². The Morgan fingerprint density at radius 1 is 1.38 bits per heavy atom. The number of amides is 2. The highest BCUT2D eigenvalue weighted by Crippen LogP contribution is 2.29. The molecule has 0 radical (unpaired) electrons. The standard InChI is InChI=1S/C15H28N2O3S/c1-4-12(10-21-3)17(2)15(20)16-9-11-7-5-6-8-13(11)14(18)19/h11-13H,4-10H2,1-3H3,(H,16,20)(H,18,19). The summed E-state index contributed by atoms with van der Waals surface area (Å²) in [5, 5.41) is 12.2. The molecule has 1 saturated carbocycles. The average molecular weight is 316 g/mol. The van der Waals surface area contributed by atoms with Gasteiger partial charge in [0.1, 0.15) is 0 Å². The Kier molecular flexibility index (Phi) is 7.93. The maximum Gasteiger partial charge on any atom is 0.317 e. The van der Waals surface area contributed by atoms with Crippen LogP contribution in [0.25, 0.3) is 0 Å². The quantitative estimate of drug-likeness (QED) is 0.757. The second-order valence-electron chi connectivity index (χ2n) is 5.80. The second-order valence-corrected chi connectivity index (χ2v) is 6.71. The summed E-state index contributed by atoms with van der Waals surface area (Å²) in [5.74, 6) is -0.0513. The van der Waals surface area contributed by atoms with Gasteiger partial charge in [-0.05, 0) is 31.4 Å². The number of carbonyl (C=O) groups is 2. The number of thioether (sulfide) groups is 1. The number of nitrogens with zero attached hydrogens (tertiary/aromatic N) is 1. The van der Waals surface area contributed by atoms with Crippen LogP contribution < -0.4 is 5.32 Å². The van der Waals surface area contributed by atoms with Crippen molar-refractivity contribution in [2.24, 2.45) is 11.8 Å². The van der Waals surface area contributed by atoms with Crippen molar-refractivity contribution in [2.45, 2.75) is 45.1 Å². The predicted molar refractivity (Wildman–Crippen MR) is 86.7 cm³/mol. The van der Waals surface area contributed by atoms with E-state index in [1.807, 2.05) is 13.3 Å². The highest BCUT2D eigenvalue weighted by atomic mass is 32.2. The fourth-order valence-electron chi connectivity index (χ4n) is 2.98. The summed E-state index contributed by atoms with van der Waals surface area (Å²) in [5.41, 5.74) is 0. The number of urea groups is 1. The van der Waals surface area contributed by atoms with Gasteiger partial charge >= 0.3 is 12.0 Å². The van der Waals surface area contributed by atoms with Crippen molar-refractivity contribution >= 4 is 23.8 Å². The van der Waals surface area contributed by atoms with E-state index >= 15 is 0 Å². The number of hydrogen-bond donors (Lipinski definition) is 2. The van der Waals surface area contributed by atoms with E-state index in [4.69, 9.17) is 0 Å². The minimum absolute atomic E-state index is 0.0641. The molecule has 0 aromatic carbocycles. The van der Waals surface area contributed by atoms with E-state index in [1.165, 1.54) is 0 Å². The number of carboxylic acid groups (broad SMARTS) is 1. The molecule has 3 unspecified atom stereocenters. The second kappa shape index (κ2) is 9.18. The maximum atomic E-state index is 12.2. The first-order valence-corrected chi connectivity index (χ1v) is 9.13. The van der Waals surface area contributed by atoms with Crippen molar-refractivity contribution in [3.63, 3.8) is 0 Å². The zero-order valence-electron chi connectivity index (χ0n) is 13.3. The Labute approximate surface area is 131 Å². The molecule has 1 aliphatic rings. The van der Waals surface area contributed by atoms with E-state index in [-0.39, 0.29) is 23.9 Å². The summed E-state index contributed by atoms with van der Waals surface area (Å²) >= 11 is 1.73. The van der Waals surface area contributed by atoms with Crippen LogP contribution in [0.2, 0.25) is 0 Å². The van der Waals surface area contributed by atoms with Gasteiger partial charge in [0.05, 0.1) is 5.92 Å². The van der Waals surface area contributed by atoms with Crippen LogP contribution in [0.3, 0.4) is 0 Å². The third kappa shape index (κ3) is 5.41. The first-order valence-electron chi connectivity index (χ1n) is 7.73. The van der Waals surface area contributed by atoms with Crippen molar-refractivity contribution in [1.29, 1.82) is 0 Å². The molecule has 1 rings (SSSR count). The zero-order chi connectivity index (χ0) is 15.8. The van der Waals surface area contributed by atoms with E-state index in [0.717, 1.165) is 37.9 Å². The summed E-state index contributed by atoms with van der Waals surface area (Å²) < 4.78 is 0. The normalized spacial score (nSPS) is 23.4. The third-order valence-corrected chi connectivity index (χ3v) is 5.16. The molecule has 21 heavy (non-hydrogen) atoms. The van der Waals surface area contributed by atoms with Crippen LogP contribution in [0.5, 0.6) is 0 Å². The van der Waals surface area contributed by atoms with Crippen molar-refractivity contribution in [1.82, 2.24) is 10.2 Å². The monoisotopic (exact) mass is 316 g/mol. The van der Waals surface area contributed by atoms with Gasteiger partial charge in [-0.3, -0.25) is 4.79 Å². The summed E-state index contributed by atoms with van der Waals surface area (Å²) in [6.45, 7) is 2.54. The Morgan fingerprint density at radius 3 is 2.62 bits per heavy atom. The van der Waals surface area contributed by atoms with Gasteiger partial charge in [-0.15, -0.1) is 0 Å². The van der Waals surface area contributed by atoms with Crippen molar-refractivity contribution in [2.75, 3.05) is 25.6 Å². The molecule has 0 aromatic heterocycles. The van der Waals surface area contributed by atoms with Crippen molar-refractivity contribution < 1.29 is 14.7 Å². The molecule has 1 fully saturated rings. The minimum atomic E-state index is -0.726. The molecule has 2 amide bonds. The lowest BCUT2D eigenvalue weighted by atomic mass is 9.79. The van der Waals surface area contributed by atoms with E-state index in [2.05, 4.69) is 12.2 Å². The lowest BCUT2D eigenvalue weighted by molar-refractivity contribution is -0.144. The zero-order valence-corrected chi connectivity index (χ0v) is 14.1. The van der Waals surface area contributed by atoms with E-state index in [1.54, 1.807) is 16.7 Å². The minimum Gasteiger partial charge on any atom is -0.481 e. The Morgan fingerprint density at radius 2 is 2.05 bits per heavy atom. The molecule has 0 aromatic rings. The SMILES string of the molecule is CCC(CSC)N(C)C(=O)NCC1CCCCC1C(=O)O. The summed E-state index contributed by atoms with van der Waals surface area (Å²) in [4.78, 5) is 25.2. The van der Waals surface area contributed by atoms with Gasteiger partial charge in [0.15, 0.2) is 0 Å². The van der Waals surface area contributed by atoms with Gasteiger partial charge in [-0.2, -0.15) is 11.8 Å². The van der Waals surface area contributed by atoms with Crippen LogP contribution in [-0.4, -0.2) is 53.6 Å². The molecule has 0 saturated heterocycles. The van der Waals surface area contributed by atoms with Crippen LogP contribution in [0, 0.1) is 11.8 Å². The van der Waals surface area contributed by atoms with Crippen LogP contribution in [-0.2, 0) is 4.79 Å². The molecule has 1 aliphatic carbocycles. The molecule has 122 valence electrons. The molecule has 3 atom stereocenters. The van der Waals surface area contributed by atoms with Crippen LogP contribution in [0.4, 0.5) is 4.79 Å². The van der Waals surface area contributed by atoms with Crippen LogP contribution >= 0.6 is 11.8 Å². The lowest BCUT2D eigenvalue weighted by Crippen LogP contribution is -2.47. The van der Waals surface area contributed by atoms with Gasteiger partial charge in [0, 0.05) is 25.4 Å². The molecule has 5 nitrogen and oxygen atoms in total. The Balaban J connectivity index is 2.48. The van der Waals surface area contributed by atoms with E-state index in [0.29, 0.717) is 6.54 Å². The molecule has 0 bridgehead atoms. The van der Waals surface area contributed by atoms with Gasteiger partial charge in [-0.1, -0.05) is 19.8 Å². The molecule has 2 N–H and O–H groups in total. The number of nitrogens with one attached hydrogen (secondary N) is 1. The van der Waals surface area contributed by atoms with Gasteiger partial charge in [-0.25, -0.2) is 4.79 Å². The van der Waals surface area contributed by atoms with Gasteiger partial charge < -0.3 is 15.3 Å². The highest BCUT2D eigenvalue weighted by molar-refractivity contribution is 7.98. The summed E-state index contributed by atoms with van der Waals surface area (Å²) in [7, 11) is 1.81. The summed E-state index contributed by atoms with van der Waals surface area (Å²) in [6, 6.07) is 0.132. The number of rotatable bonds is 7. The smallest absolute Gasteiger partial charge is 0.317 e. The van der Waals surface area contributed by atoms with Crippen LogP contribution in [0.15, 0.2) is 0 Å². The molecule has 0 aliphatic heterocycles.